The van der Waals surface area contributed by atoms with Gasteiger partial charge in [-0.1, -0.05) is 33.6 Å². The van der Waals surface area contributed by atoms with Gasteiger partial charge in [-0.3, -0.25) is 0 Å². The van der Waals surface area contributed by atoms with Gasteiger partial charge in [-0.15, -0.1) is 0 Å². The minimum absolute atomic E-state index is 0.330. The average Bonchev–Trinajstić information content (AvgIpc) is 2.22. The van der Waals surface area contributed by atoms with E-state index in [2.05, 4.69) is 25.7 Å². The van der Waals surface area contributed by atoms with Crippen molar-refractivity contribution in [3.8, 4) is 0 Å². The quantitative estimate of drug-likeness (QED) is 0.606. The lowest BCUT2D eigenvalue weighted by atomic mass is 10.1. The van der Waals surface area contributed by atoms with Gasteiger partial charge in [-0.2, -0.15) is 0 Å². The molecular weight excluding hydrogens is 186 g/mol. The van der Waals surface area contributed by atoms with Crippen LogP contribution < -0.4 is 0 Å². The van der Waals surface area contributed by atoms with Gasteiger partial charge < -0.3 is 10.0 Å². The summed E-state index contributed by atoms with van der Waals surface area (Å²) in [4.78, 5) is 2.56. The molecule has 0 fully saturated rings. The Kier molecular flexibility index (Phi) is 10.4. The SMILES string of the molecule is CCCCN(CCCC)CC(C)CCO. The summed E-state index contributed by atoms with van der Waals surface area (Å²) in [5.41, 5.74) is 0. The zero-order valence-electron chi connectivity index (χ0n) is 10.8. The van der Waals surface area contributed by atoms with Crippen molar-refractivity contribution in [1.29, 1.82) is 0 Å². The first-order chi connectivity index (χ1) is 7.24. The molecule has 0 saturated carbocycles. The molecule has 0 rings (SSSR count). The van der Waals surface area contributed by atoms with Gasteiger partial charge in [-0.05, 0) is 38.3 Å². The summed E-state index contributed by atoms with van der Waals surface area (Å²) >= 11 is 0. The lowest BCUT2D eigenvalue weighted by Crippen LogP contribution is -2.31. The molecule has 0 aromatic heterocycles. The first-order valence-electron chi connectivity index (χ1n) is 6.57. The molecule has 0 amide bonds. The summed E-state index contributed by atoms with van der Waals surface area (Å²) in [6, 6.07) is 0. The van der Waals surface area contributed by atoms with Gasteiger partial charge in [0.05, 0.1) is 0 Å². The van der Waals surface area contributed by atoms with Gasteiger partial charge >= 0.3 is 0 Å². The molecule has 2 heteroatoms. The van der Waals surface area contributed by atoms with Crippen molar-refractivity contribution in [3.05, 3.63) is 0 Å². The highest BCUT2D eigenvalue weighted by atomic mass is 16.3. The van der Waals surface area contributed by atoms with Crippen molar-refractivity contribution in [2.75, 3.05) is 26.2 Å². The summed E-state index contributed by atoms with van der Waals surface area (Å²) < 4.78 is 0. The zero-order valence-corrected chi connectivity index (χ0v) is 10.8. The topological polar surface area (TPSA) is 23.5 Å². The maximum atomic E-state index is 8.88. The van der Waals surface area contributed by atoms with E-state index in [0.717, 1.165) is 13.0 Å². The molecule has 0 radical (unpaired) electrons. The number of nitrogens with zero attached hydrogens (tertiary/aromatic N) is 1. The van der Waals surface area contributed by atoms with E-state index in [1.807, 2.05) is 0 Å². The minimum atomic E-state index is 0.330. The Bertz CT molecular complexity index is 120. The largest absolute Gasteiger partial charge is 0.396 e. The van der Waals surface area contributed by atoms with Crippen molar-refractivity contribution < 1.29 is 5.11 Å². The standard InChI is InChI=1S/C13H29NO/c1-4-6-9-14(10-7-5-2)12-13(3)8-11-15/h13,15H,4-12H2,1-3H3. The van der Waals surface area contributed by atoms with E-state index in [1.165, 1.54) is 38.8 Å². The van der Waals surface area contributed by atoms with Crippen molar-refractivity contribution >= 4 is 0 Å². The van der Waals surface area contributed by atoms with Crippen LogP contribution in [-0.2, 0) is 0 Å². The van der Waals surface area contributed by atoms with Crippen LogP contribution in [0.5, 0.6) is 0 Å². The van der Waals surface area contributed by atoms with Crippen molar-refractivity contribution in [3.63, 3.8) is 0 Å². The van der Waals surface area contributed by atoms with E-state index in [-0.39, 0.29) is 0 Å². The third kappa shape index (κ3) is 8.88. The highest BCUT2D eigenvalue weighted by Gasteiger charge is 2.08. The van der Waals surface area contributed by atoms with Crippen LogP contribution in [0.15, 0.2) is 0 Å². The molecular formula is C13H29NO. The van der Waals surface area contributed by atoms with E-state index in [4.69, 9.17) is 5.11 Å². The Morgan fingerprint density at radius 2 is 1.60 bits per heavy atom. The van der Waals surface area contributed by atoms with E-state index in [9.17, 15) is 0 Å². The van der Waals surface area contributed by atoms with Crippen LogP contribution in [0.2, 0.25) is 0 Å². The normalized spacial score (nSPS) is 13.4. The molecule has 0 aliphatic rings. The third-order valence-corrected chi connectivity index (χ3v) is 2.85. The number of rotatable bonds is 10. The molecule has 2 nitrogen and oxygen atoms in total. The summed E-state index contributed by atoms with van der Waals surface area (Å²) in [6.07, 6.45) is 6.09. The molecule has 0 saturated heterocycles. The van der Waals surface area contributed by atoms with E-state index >= 15 is 0 Å². The van der Waals surface area contributed by atoms with Crippen molar-refractivity contribution in [2.24, 2.45) is 5.92 Å². The van der Waals surface area contributed by atoms with Crippen LogP contribution in [0, 0.1) is 5.92 Å². The Hall–Kier alpha value is -0.0800. The molecule has 0 bridgehead atoms. The van der Waals surface area contributed by atoms with Crippen LogP contribution in [0.1, 0.15) is 52.9 Å². The predicted molar refractivity (Wildman–Crippen MR) is 67.1 cm³/mol. The van der Waals surface area contributed by atoms with Crippen LogP contribution in [0.25, 0.3) is 0 Å². The molecule has 92 valence electrons. The monoisotopic (exact) mass is 215 g/mol. The Labute approximate surface area is 95.7 Å². The maximum Gasteiger partial charge on any atom is 0.0434 e. The third-order valence-electron chi connectivity index (χ3n) is 2.85. The van der Waals surface area contributed by atoms with Gasteiger partial charge in [0.25, 0.3) is 0 Å². The number of aliphatic hydroxyl groups excluding tert-OH is 1. The van der Waals surface area contributed by atoms with Gasteiger partial charge in [0.2, 0.25) is 0 Å². The molecule has 15 heavy (non-hydrogen) atoms. The van der Waals surface area contributed by atoms with Gasteiger partial charge in [0.1, 0.15) is 0 Å². The molecule has 0 heterocycles. The van der Waals surface area contributed by atoms with Crippen molar-refractivity contribution in [1.82, 2.24) is 4.90 Å². The van der Waals surface area contributed by atoms with Crippen molar-refractivity contribution in [2.45, 2.75) is 52.9 Å². The van der Waals surface area contributed by atoms with Crippen LogP contribution in [0.3, 0.4) is 0 Å². The number of unbranched alkanes of at least 4 members (excludes halogenated alkanes) is 2. The number of hydrogen-bond donors (Lipinski definition) is 1. The summed E-state index contributed by atoms with van der Waals surface area (Å²) in [6.45, 7) is 10.7. The van der Waals surface area contributed by atoms with E-state index in [0.29, 0.717) is 12.5 Å². The summed E-state index contributed by atoms with van der Waals surface area (Å²) in [5, 5.41) is 8.88. The molecule has 0 aliphatic carbocycles. The molecule has 0 aromatic rings. The molecule has 1 N–H and O–H groups in total. The van der Waals surface area contributed by atoms with E-state index in [1.54, 1.807) is 0 Å². The lowest BCUT2D eigenvalue weighted by molar-refractivity contribution is 0.198. The fourth-order valence-corrected chi connectivity index (χ4v) is 1.81. The van der Waals surface area contributed by atoms with Gasteiger partial charge in [-0.25, -0.2) is 0 Å². The fourth-order valence-electron chi connectivity index (χ4n) is 1.81. The number of aliphatic hydroxyl groups is 1. The highest BCUT2D eigenvalue weighted by Crippen LogP contribution is 2.07. The Balaban J connectivity index is 3.76. The van der Waals surface area contributed by atoms with Crippen LogP contribution >= 0.6 is 0 Å². The summed E-state index contributed by atoms with van der Waals surface area (Å²) in [7, 11) is 0. The molecule has 1 unspecified atom stereocenters. The minimum Gasteiger partial charge on any atom is -0.396 e. The maximum absolute atomic E-state index is 8.88. The Morgan fingerprint density at radius 1 is 1.07 bits per heavy atom. The van der Waals surface area contributed by atoms with Gasteiger partial charge in [0, 0.05) is 13.2 Å². The Morgan fingerprint density at radius 3 is 2.00 bits per heavy atom. The van der Waals surface area contributed by atoms with E-state index < -0.39 is 0 Å². The first-order valence-corrected chi connectivity index (χ1v) is 6.57. The second kappa shape index (κ2) is 10.4. The van der Waals surface area contributed by atoms with Crippen LogP contribution in [0.4, 0.5) is 0 Å². The highest BCUT2D eigenvalue weighted by molar-refractivity contribution is 4.63. The van der Waals surface area contributed by atoms with Gasteiger partial charge in [0.15, 0.2) is 0 Å². The average molecular weight is 215 g/mol. The second-order valence-corrected chi connectivity index (χ2v) is 4.63. The van der Waals surface area contributed by atoms with Crippen LogP contribution in [-0.4, -0.2) is 36.2 Å². The molecule has 0 aliphatic heterocycles. The molecule has 1 atom stereocenters. The lowest BCUT2D eigenvalue weighted by Gasteiger charge is -2.25. The zero-order chi connectivity index (χ0) is 11.5. The number of hydrogen-bond acceptors (Lipinski definition) is 2. The first kappa shape index (κ1) is 14.9. The predicted octanol–water partition coefficient (Wildman–Crippen LogP) is 2.91. The second-order valence-electron chi connectivity index (χ2n) is 4.63. The molecule has 0 spiro atoms. The summed E-state index contributed by atoms with van der Waals surface area (Å²) in [5.74, 6) is 0.628. The fraction of sp³-hybridized carbons (Fsp3) is 1.00. The molecule has 0 aromatic carbocycles. The smallest absolute Gasteiger partial charge is 0.0434 e.